The molecule has 0 saturated heterocycles. The van der Waals surface area contributed by atoms with Gasteiger partial charge in [0, 0.05) is 6.42 Å². The number of alkyl halides is 1. The largest absolute Gasteiger partial charge is 0.241 e. The minimum Gasteiger partial charge on any atom is -0.241 e. The molecular weight excluding hydrogens is 333 g/mol. The Labute approximate surface area is 136 Å². The quantitative estimate of drug-likeness (QED) is 0.522. The summed E-state index contributed by atoms with van der Waals surface area (Å²) in [6.07, 6.45) is 0.679. The van der Waals surface area contributed by atoms with Gasteiger partial charge >= 0.3 is 0 Å². The van der Waals surface area contributed by atoms with Crippen molar-refractivity contribution in [3.63, 3.8) is 0 Å². The number of halogens is 3. The van der Waals surface area contributed by atoms with Crippen LogP contribution in [-0.4, -0.2) is 4.98 Å². The van der Waals surface area contributed by atoms with E-state index in [9.17, 15) is 0 Å². The zero-order valence-electron chi connectivity index (χ0n) is 10.3. The van der Waals surface area contributed by atoms with E-state index < -0.39 is 0 Å². The molecule has 0 bridgehead atoms. The standard InChI is InChI=1S/C15H10Cl3NS/c16-10-6-5-9(7-12(10)18)11(17)8-15-19-13-3-1-2-4-14(13)20-15/h1-7,11H,8H2. The fourth-order valence-electron chi connectivity index (χ4n) is 1.99. The van der Waals surface area contributed by atoms with Crippen LogP contribution in [-0.2, 0) is 6.42 Å². The van der Waals surface area contributed by atoms with Gasteiger partial charge in [-0.15, -0.1) is 22.9 Å². The van der Waals surface area contributed by atoms with Gasteiger partial charge in [-0.25, -0.2) is 4.98 Å². The molecule has 0 saturated carbocycles. The Hall–Kier alpha value is -0.800. The van der Waals surface area contributed by atoms with Crippen molar-refractivity contribution in [1.29, 1.82) is 0 Å². The Morgan fingerprint density at radius 2 is 1.85 bits per heavy atom. The summed E-state index contributed by atoms with van der Waals surface area (Å²) in [5.41, 5.74) is 1.98. The number of fused-ring (bicyclic) bond motifs is 1. The summed E-state index contributed by atoms with van der Waals surface area (Å²) in [5, 5.41) is 1.93. The lowest BCUT2D eigenvalue weighted by Crippen LogP contribution is -1.95. The third-order valence-corrected chi connectivity index (χ3v) is 5.20. The molecule has 5 heteroatoms. The molecule has 0 spiro atoms. The van der Waals surface area contributed by atoms with Crippen molar-refractivity contribution in [3.8, 4) is 0 Å². The van der Waals surface area contributed by atoms with Crippen LogP contribution in [0.5, 0.6) is 0 Å². The van der Waals surface area contributed by atoms with Gasteiger partial charge in [0.15, 0.2) is 0 Å². The zero-order chi connectivity index (χ0) is 14.1. The Morgan fingerprint density at radius 1 is 1.05 bits per heavy atom. The lowest BCUT2D eigenvalue weighted by molar-refractivity contribution is 0.911. The summed E-state index contributed by atoms with van der Waals surface area (Å²) < 4.78 is 1.18. The van der Waals surface area contributed by atoms with E-state index in [1.165, 1.54) is 4.70 Å². The van der Waals surface area contributed by atoms with Crippen LogP contribution in [0.4, 0.5) is 0 Å². The fourth-order valence-corrected chi connectivity index (χ4v) is 3.68. The molecule has 0 amide bonds. The molecule has 20 heavy (non-hydrogen) atoms. The third-order valence-electron chi connectivity index (χ3n) is 3.00. The molecule has 1 unspecified atom stereocenters. The summed E-state index contributed by atoms with van der Waals surface area (Å²) in [5.74, 6) is 0. The van der Waals surface area contributed by atoms with Gasteiger partial charge in [0.1, 0.15) is 0 Å². The van der Waals surface area contributed by atoms with Crippen LogP contribution in [0.3, 0.4) is 0 Å². The second-order valence-electron chi connectivity index (χ2n) is 4.42. The fraction of sp³-hybridized carbons (Fsp3) is 0.133. The summed E-state index contributed by atoms with van der Waals surface area (Å²) in [6.45, 7) is 0. The zero-order valence-corrected chi connectivity index (χ0v) is 13.4. The van der Waals surface area contributed by atoms with Crippen LogP contribution >= 0.6 is 46.1 Å². The number of nitrogens with zero attached hydrogens (tertiary/aromatic N) is 1. The molecule has 1 aromatic heterocycles. The topological polar surface area (TPSA) is 12.9 Å². The van der Waals surface area contributed by atoms with Crippen LogP contribution in [0, 0.1) is 0 Å². The van der Waals surface area contributed by atoms with Crippen molar-refractivity contribution in [3.05, 3.63) is 63.1 Å². The van der Waals surface area contributed by atoms with Gasteiger partial charge in [0.05, 0.1) is 30.6 Å². The van der Waals surface area contributed by atoms with Crippen LogP contribution in [0.2, 0.25) is 10.0 Å². The number of para-hydroxylation sites is 1. The Kier molecular flexibility index (Phi) is 4.18. The summed E-state index contributed by atoms with van der Waals surface area (Å²) in [7, 11) is 0. The van der Waals surface area contributed by atoms with Crippen molar-refractivity contribution in [2.75, 3.05) is 0 Å². The molecule has 0 aliphatic carbocycles. The van der Waals surface area contributed by atoms with Gasteiger partial charge in [-0.05, 0) is 29.8 Å². The van der Waals surface area contributed by atoms with E-state index in [-0.39, 0.29) is 5.38 Å². The van der Waals surface area contributed by atoms with E-state index in [2.05, 4.69) is 11.1 Å². The van der Waals surface area contributed by atoms with Crippen LogP contribution < -0.4 is 0 Å². The number of thiazole rings is 1. The molecule has 2 aromatic carbocycles. The molecule has 0 N–H and O–H groups in total. The third kappa shape index (κ3) is 2.94. The molecule has 3 aromatic rings. The first kappa shape index (κ1) is 14.2. The highest BCUT2D eigenvalue weighted by atomic mass is 35.5. The van der Waals surface area contributed by atoms with Crippen LogP contribution in [0.25, 0.3) is 10.2 Å². The molecule has 0 fully saturated rings. The first-order chi connectivity index (χ1) is 9.63. The molecule has 0 radical (unpaired) electrons. The van der Waals surface area contributed by atoms with Crippen molar-refractivity contribution < 1.29 is 0 Å². The monoisotopic (exact) mass is 341 g/mol. The molecule has 1 heterocycles. The van der Waals surface area contributed by atoms with Gasteiger partial charge in [-0.3, -0.25) is 0 Å². The van der Waals surface area contributed by atoms with E-state index >= 15 is 0 Å². The molecule has 1 nitrogen and oxygen atoms in total. The predicted molar refractivity (Wildman–Crippen MR) is 88.4 cm³/mol. The number of hydrogen-bond donors (Lipinski definition) is 0. The van der Waals surface area contributed by atoms with Gasteiger partial charge in [-0.1, -0.05) is 41.4 Å². The summed E-state index contributed by atoms with van der Waals surface area (Å²) in [4.78, 5) is 4.59. The highest BCUT2D eigenvalue weighted by Gasteiger charge is 2.13. The first-order valence-electron chi connectivity index (χ1n) is 6.07. The normalized spacial score (nSPS) is 12.8. The average Bonchev–Trinajstić information content (AvgIpc) is 2.83. The second kappa shape index (κ2) is 5.90. The maximum atomic E-state index is 6.46. The van der Waals surface area contributed by atoms with E-state index in [1.54, 1.807) is 17.4 Å². The minimum atomic E-state index is -0.162. The van der Waals surface area contributed by atoms with Gasteiger partial charge in [0.2, 0.25) is 0 Å². The van der Waals surface area contributed by atoms with E-state index in [1.807, 2.05) is 30.3 Å². The van der Waals surface area contributed by atoms with E-state index in [0.717, 1.165) is 16.1 Å². The minimum absolute atomic E-state index is 0.162. The SMILES string of the molecule is Clc1ccc(C(Cl)Cc2nc3ccccc3s2)cc1Cl. The molecule has 102 valence electrons. The summed E-state index contributed by atoms with van der Waals surface area (Å²) in [6, 6.07) is 13.6. The number of hydrogen-bond acceptors (Lipinski definition) is 2. The maximum Gasteiger partial charge on any atom is 0.0956 e. The molecule has 3 rings (SSSR count). The average molecular weight is 343 g/mol. The Morgan fingerprint density at radius 3 is 2.60 bits per heavy atom. The summed E-state index contributed by atoms with van der Waals surface area (Å²) >= 11 is 20.1. The van der Waals surface area contributed by atoms with Crippen molar-refractivity contribution in [1.82, 2.24) is 4.98 Å². The number of rotatable bonds is 3. The number of benzene rings is 2. The molecule has 0 aliphatic heterocycles. The lowest BCUT2D eigenvalue weighted by Gasteiger charge is -2.08. The molecule has 0 aliphatic rings. The van der Waals surface area contributed by atoms with E-state index in [0.29, 0.717) is 16.5 Å². The van der Waals surface area contributed by atoms with Crippen molar-refractivity contribution >= 4 is 56.4 Å². The molecular formula is C15H10Cl3NS. The van der Waals surface area contributed by atoms with Crippen molar-refractivity contribution in [2.24, 2.45) is 0 Å². The molecule has 1 atom stereocenters. The first-order valence-corrected chi connectivity index (χ1v) is 8.08. The van der Waals surface area contributed by atoms with E-state index in [4.69, 9.17) is 34.8 Å². The van der Waals surface area contributed by atoms with Gasteiger partial charge < -0.3 is 0 Å². The van der Waals surface area contributed by atoms with Gasteiger partial charge in [-0.2, -0.15) is 0 Å². The Balaban J connectivity index is 1.84. The lowest BCUT2D eigenvalue weighted by atomic mass is 10.1. The van der Waals surface area contributed by atoms with Crippen LogP contribution in [0.15, 0.2) is 42.5 Å². The van der Waals surface area contributed by atoms with Gasteiger partial charge in [0.25, 0.3) is 0 Å². The second-order valence-corrected chi connectivity index (χ2v) is 6.88. The highest BCUT2D eigenvalue weighted by Crippen LogP contribution is 2.32. The highest BCUT2D eigenvalue weighted by molar-refractivity contribution is 7.18. The maximum absolute atomic E-state index is 6.46. The Bertz CT molecular complexity index is 721. The van der Waals surface area contributed by atoms with Crippen molar-refractivity contribution in [2.45, 2.75) is 11.8 Å². The smallest absolute Gasteiger partial charge is 0.0956 e. The number of aromatic nitrogens is 1. The van der Waals surface area contributed by atoms with Crippen LogP contribution in [0.1, 0.15) is 15.9 Å². The predicted octanol–water partition coefficient (Wildman–Crippen LogP) is 6.13.